The predicted molar refractivity (Wildman–Crippen MR) is 96.2 cm³/mol. The van der Waals surface area contributed by atoms with Crippen LogP contribution in [0.5, 0.6) is 0 Å². The van der Waals surface area contributed by atoms with Crippen LogP contribution in [0.25, 0.3) is 0 Å². The Morgan fingerprint density at radius 1 is 1.20 bits per heavy atom. The molecule has 0 bridgehead atoms. The third-order valence-corrected chi connectivity index (χ3v) is 8.10. The Hall–Kier alpha value is -0.620. The maximum Gasteiger partial charge on any atom is 0.0928 e. The highest BCUT2D eigenvalue weighted by Crippen LogP contribution is 2.36. The summed E-state index contributed by atoms with van der Waals surface area (Å²) in [5.74, 6) is 0. The largest absolute Gasteiger partial charge is 0.248 e. The molecule has 0 N–H and O–H groups in total. The molecular formula is C16H20INOS. The first-order chi connectivity index (χ1) is 9.24. The lowest BCUT2D eigenvalue weighted by molar-refractivity contribution is 0.638. The van der Waals surface area contributed by atoms with Gasteiger partial charge >= 0.3 is 0 Å². The molecule has 0 spiro atoms. The van der Waals surface area contributed by atoms with Crippen LogP contribution in [-0.4, -0.2) is 14.2 Å². The van der Waals surface area contributed by atoms with Gasteiger partial charge in [-0.05, 0) is 62.4 Å². The van der Waals surface area contributed by atoms with E-state index in [2.05, 4.69) is 27.0 Å². The molecule has 0 aromatic heterocycles. The molecule has 1 aliphatic rings. The van der Waals surface area contributed by atoms with E-state index in [0.717, 1.165) is 9.27 Å². The van der Waals surface area contributed by atoms with Gasteiger partial charge in [0, 0.05) is 8.33 Å². The van der Waals surface area contributed by atoms with Gasteiger partial charge < -0.3 is 0 Å². The fourth-order valence-electron chi connectivity index (χ4n) is 2.03. The number of rotatable bonds is 2. The number of hydrogen-bond acceptors (Lipinski definition) is 2. The van der Waals surface area contributed by atoms with Gasteiger partial charge in [0.1, 0.15) is 0 Å². The Labute approximate surface area is 135 Å². The average Bonchev–Trinajstić information content (AvgIpc) is 2.77. The van der Waals surface area contributed by atoms with Gasteiger partial charge in [-0.1, -0.05) is 35.9 Å². The molecule has 108 valence electrons. The minimum atomic E-state index is -2.44. The normalized spacial score (nSPS) is 21.4. The highest BCUT2D eigenvalue weighted by molar-refractivity contribution is 14.1. The van der Waals surface area contributed by atoms with E-state index in [4.69, 9.17) is 0 Å². The molecule has 0 aliphatic heterocycles. The fraction of sp³-hybridized carbons (Fsp3) is 0.375. The van der Waals surface area contributed by atoms with Crippen LogP contribution >= 0.6 is 22.6 Å². The first-order valence-electron chi connectivity index (χ1n) is 6.60. The van der Waals surface area contributed by atoms with Crippen molar-refractivity contribution in [1.82, 2.24) is 0 Å². The van der Waals surface area contributed by atoms with E-state index < -0.39 is 9.73 Å². The van der Waals surface area contributed by atoms with Crippen molar-refractivity contribution < 1.29 is 4.21 Å². The second-order valence-corrected chi connectivity index (χ2v) is 10.3. The van der Waals surface area contributed by atoms with E-state index in [1.54, 1.807) is 0 Å². The van der Waals surface area contributed by atoms with Crippen molar-refractivity contribution in [2.45, 2.75) is 37.7 Å². The zero-order valence-corrected chi connectivity index (χ0v) is 15.2. The number of hydrogen-bond donors (Lipinski definition) is 0. The summed E-state index contributed by atoms with van der Waals surface area (Å²) in [7, 11) is -2.44. The van der Waals surface area contributed by atoms with E-state index in [1.165, 1.54) is 5.56 Å². The molecule has 2 unspecified atom stereocenters. The van der Waals surface area contributed by atoms with Crippen molar-refractivity contribution in [3.8, 4) is 0 Å². The van der Waals surface area contributed by atoms with Gasteiger partial charge in [-0.2, -0.15) is 4.36 Å². The van der Waals surface area contributed by atoms with Crippen LogP contribution in [0.2, 0.25) is 0 Å². The first kappa shape index (κ1) is 15.8. The van der Waals surface area contributed by atoms with Crippen LogP contribution in [0.3, 0.4) is 0 Å². The van der Waals surface area contributed by atoms with E-state index in [9.17, 15) is 4.21 Å². The standard InChI is InChI=1S/C16H20INOS/c1-12-8-10-13(11-9-12)18-20(19,16(2,3)4)15-7-5-6-14(15)17/h5-11,15H,1-4H3. The molecule has 0 fully saturated rings. The molecule has 2 rings (SSSR count). The Balaban J connectivity index is 2.59. The lowest BCUT2D eigenvalue weighted by atomic mass is 10.2. The SMILES string of the molecule is Cc1ccc(N=S(=O)(C2C=CC=C2I)C(C)(C)C)cc1. The molecule has 1 aromatic carbocycles. The molecule has 0 amide bonds. The topological polar surface area (TPSA) is 29.4 Å². The number of halogens is 1. The second-order valence-electron chi connectivity index (χ2n) is 5.96. The molecular weight excluding hydrogens is 381 g/mol. The molecule has 0 radical (unpaired) electrons. The summed E-state index contributed by atoms with van der Waals surface area (Å²) in [5.41, 5.74) is 1.97. The van der Waals surface area contributed by atoms with Crippen LogP contribution in [0.4, 0.5) is 5.69 Å². The third-order valence-electron chi connectivity index (χ3n) is 3.31. The van der Waals surface area contributed by atoms with Gasteiger partial charge in [-0.3, -0.25) is 0 Å². The van der Waals surface area contributed by atoms with Crippen molar-refractivity contribution in [3.05, 3.63) is 51.6 Å². The van der Waals surface area contributed by atoms with E-state index in [0.29, 0.717) is 0 Å². The van der Waals surface area contributed by atoms with Crippen molar-refractivity contribution in [2.24, 2.45) is 4.36 Å². The quantitative estimate of drug-likeness (QED) is 0.631. The van der Waals surface area contributed by atoms with Gasteiger partial charge in [-0.25, -0.2) is 4.21 Å². The zero-order valence-electron chi connectivity index (χ0n) is 12.3. The summed E-state index contributed by atoms with van der Waals surface area (Å²) in [6, 6.07) is 7.89. The molecule has 1 aromatic rings. The van der Waals surface area contributed by atoms with Crippen molar-refractivity contribution in [3.63, 3.8) is 0 Å². The number of nitrogens with zero attached hydrogens (tertiary/aromatic N) is 1. The highest BCUT2D eigenvalue weighted by atomic mass is 127. The average molecular weight is 401 g/mol. The molecule has 2 nitrogen and oxygen atoms in total. The summed E-state index contributed by atoms with van der Waals surface area (Å²) in [5, 5.41) is -0.107. The van der Waals surface area contributed by atoms with Crippen LogP contribution in [0.1, 0.15) is 26.3 Å². The molecule has 1 aliphatic carbocycles. The lowest BCUT2D eigenvalue weighted by Gasteiger charge is -2.29. The molecule has 2 atom stereocenters. The highest BCUT2D eigenvalue weighted by Gasteiger charge is 2.36. The van der Waals surface area contributed by atoms with Gasteiger partial charge in [0.25, 0.3) is 0 Å². The predicted octanol–water partition coefficient (Wildman–Crippen LogP) is 5.15. The smallest absolute Gasteiger partial charge is 0.0928 e. The van der Waals surface area contributed by atoms with Crippen molar-refractivity contribution in [1.29, 1.82) is 0 Å². The molecule has 0 heterocycles. The summed E-state index contributed by atoms with van der Waals surface area (Å²) in [6.07, 6.45) is 6.00. The number of aryl methyl sites for hydroxylation is 1. The van der Waals surface area contributed by atoms with Gasteiger partial charge in [0.05, 0.1) is 20.7 Å². The molecule has 20 heavy (non-hydrogen) atoms. The molecule has 0 saturated carbocycles. The third kappa shape index (κ3) is 3.01. The summed E-state index contributed by atoms with van der Waals surface area (Å²) in [6.45, 7) is 8.05. The van der Waals surface area contributed by atoms with Gasteiger partial charge in [0.2, 0.25) is 0 Å². The Bertz CT molecular complexity index is 671. The minimum Gasteiger partial charge on any atom is -0.248 e. The fourth-order valence-corrected chi connectivity index (χ4v) is 5.75. The second kappa shape index (κ2) is 5.64. The monoisotopic (exact) mass is 401 g/mol. The Kier molecular flexibility index (Phi) is 4.44. The summed E-state index contributed by atoms with van der Waals surface area (Å²) >= 11 is 2.27. The Morgan fingerprint density at radius 2 is 1.80 bits per heavy atom. The molecule has 4 heteroatoms. The first-order valence-corrected chi connectivity index (χ1v) is 9.26. The maximum absolute atomic E-state index is 13.6. The van der Waals surface area contributed by atoms with E-state index in [1.807, 2.05) is 70.2 Å². The van der Waals surface area contributed by atoms with Gasteiger partial charge in [0.15, 0.2) is 0 Å². The van der Waals surface area contributed by atoms with Crippen LogP contribution in [-0.2, 0) is 9.73 Å². The number of benzene rings is 1. The van der Waals surface area contributed by atoms with Crippen LogP contribution in [0.15, 0.2) is 50.4 Å². The van der Waals surface area contributed by atoms with E-state index >= 15 is 0 Å². The van der Waals surface area contributed by atoms with E-state index in [-0.39, 0.29) is 10.00 Å². The van der Waals surface area contributed by atoms with Crippen LogP contribution < -0.4 is 0 Å². The van der Waals surface area contributed by atoms with Crippen molar-refractivity contribution >= 4 is 38.0 Å². The number of allylic oxidation sites excluding steroid dienone is 2. The Morgan fingerprint density at radius 3 is 2.25 bits per heavy atom. The van der Waals surface area contributed by atoms with Crippen LogP contribution in [0, 0.1) is 6.92 Å². The van der Waals surface area contributed by atoms with Gasteiger partial charge in [-0.15, -0.1) is 0 Å². The minimum absolute atomic E-state index is 0.107. The van der Waals surface area contributed by atoms with Crippen molar-refractivity contribution in [2.75, 3.05) is 0 Å². The summed E-state index contributed by atoms with van der Waals surface area (Å²) < 4.78 is 19.0. The zero-order chi connectivity index (χ0) is 15.0. The lowest BCUT2D eigenvalue weighted by Crippen LogP contribution is -2.35. The maximum atomic E-state index is 13.6. The summed E-state index contributed by atoms with van der Waals surface area (Å²) in [4.78, 5) is 0. The molecule has 0 saturated heterocycles.